The second-order valence-electron chi connectivity index (χ2n) is 4.82. The Kier molecular flexibility index (Phi) is 6.02. The van der Waals surface area contributed by atoms with Gasteiger partial charge in [0.1, 0.15) is 16.5 Å². The molecule has 25 heavy (non-hydrogen) atoms. The molecule has 0 aromatic heterocycles. The molecule has 0 unspecified atom stereocenters. The van der Waals surface area contributed by atoms with E-state index >= 15 is 0 Å². The largest absolute Gasteiger partial charge is 0.494 e. The van der Waals surface area contributed by atoms with Gasteiger partial charge in [-0.25, -0.2) is 17.6 Å². The predicted octanol–water partition coefficient (Wildman–Crippen LogP) is 3.57. The Balaban J connectivity index is 2.36. The van der Waals surface area contributed by atoms with Gasteiger partial charge in [-0.3, -0.25) is 4.72 Å². The summed E-state index contributed by atoms with van der Waals surface area (Å²) in [5.41, 5.74) is 0.303. The maximum atomic E-state index is 13.2. The van der Waals surface area contributed by atoms with Gasteiger partial charge in [-0.15, -0.1) is 0 Å². The van der Waals surface area contributed by atoms with Crippen LogP contribution in [0.5, 0.6) is 5.75 Å². The molecule has 2 rings (SSSR count). The quantitative estimate of drug-likeness (QED) is 0.706. The summed E-state index contributed by atoms with van der Waals surface area (Å²) in [4.78, 5) is 11.6. The number of hydrogen-bond acceptors (Lipinski definition) is 5. The monoisotopic (exact) mass is 431 g/mol. The summed E-state index contributed by atoms with van der Waals surface area (Å²) in [6.07, 6.45) is 0. The lowest BCUT2D eigenvalue weighted by Crippen LogP contribution is -2.15. The lowest BCUT2D eigenvalue weighted by atomic mass is 10.2. The summed E-state index contributed by atoms with van der Waals surface area (Å²) in [6, 6.07) is 7.41. The highest BCUT2D eigenvalue weighted by molar-refractivity contribution is 9.10. The van der Waals surface area contributed by atoms with Crippen LogP contribution in [-0.2, 0) is 14.8 Å². The van der Waals surface area contributed by atoms with E-state index in [9.17, 15) is 17.6 Å². The molecule has 134 valence electrons. The molecule has 2 aromatic rings. The van der Waals surface area contributed by atoms with Gasteiger partial charge in [0.05, 0.1) is 25.0 Å². The summed E-state index contributed by atoms with van der Waals surface area (Å²) in [6.45, 7) is 1.88. The lowest BCUT2D eigenvalue weighted by Gasteiger charge is -2.13. The number of benzene rings is 2. The molecule has 0 heterocycles. The van der Waals surface area contributed by atoms with E-state index in [1.54, 1.807) is 6.92 Å². The Morgan fingerprint density at radius 3 is 2.56 bits per heavy atom. The average Bonchev–Trinajstić information content (AvgIpc) is 2.56. The molecule has 0 aliphatic carbocycles. The van der Waals surface area contributed by atoms with Crippen molar-refractivity contribution in [1.82, 2.24) is 0 Å². The molecule has 0 aliphatic rings. The number of carbonyl (C=O) groups is 1. The van der Waals surface area contributed by atoms with E-state index < -0.39 is 21.8 Å². The minimum absolute atomic E-state index is 0.0443. The third kappa shape index (κ3) is 4.49. The van der Waals surface area contributed by atoms with Crippen molar-refractivity contribution in [3.8, 4) is 5.75 Å². The Labute approximate surface area is 153 Å². The minimum Gasteiger partial charge on any atom is -0.494 e. The number of methoxy groups -OCH3 is 1. The average molecular weight is 432 g/mol. The van der Waals surface area contributed by atoms with Gasteiger partial charge >= 0.3 is 5.97 Å². The first-order chi connectivity index (χ1) is 11.8. The fraction of sp³-hybridized carbons (Fsp3) is 0.188. The standard InChI is InChI=1S/C16H15BrFNO5S/c1-3-24-16(20)10-4-7-15(12(17)8-10)25(21,22)19-13-6-5-11(18)9-14(13)23-2/h4-9,19H,3H2,1-2H3. The highest BCUT2D eigenvalue weighted by Gasteiger charge is 2.21. The zero-order valence-electron chi connectivity index (χ0n) is 13.4. The zero-order valence-corrected chi connectivity index (χ0v) is 15.8. The highest BCUT2D eigenvalue weighted by atomic mass is 79.9. The van der Waals surface area contributed by atoms with Crippen molar-refractivity contribution in [3.05, 3.63) is 52.3 Å². The molecule has 0 saturated heterocycles. The van der Waals surface area contributed by atoms with Gasteiger partial charge in [-0.2, -0.15) is 0 Å². The van der Waals surface area contributed by atoms with Gasteiger partial charge < -0.3 is 9.47 Å². The van der Waals surface area contributed by atoms with E-state index in [-0.39, 0.29) is 33.0 Å². The second kappa shape index (κ2) is 7.83. The van der Waals surface area contributed by atoms with Gasteiger partial charge in [0.2, 0.25) is 0 Å². The number of ether oxygens (including phenoxy) is 2. The number of nitrogens with one attached hydrogen (secondary N) is 1. The molecule has 0 bridgehead atoms. The van der Waals surface area contributed by atoms with Crippen LogP contribution in [-0.4, -0.2) is 28.1 Å². The van der Waals surface area contributed by atoms with Crippen LogP contribution in [0, 0.1) is 5.82 Å². The van der Waals surface area contributed by atoms with Gasteiger partial charge in [0.15, 0.2) is 0 Å². The van der Waals surface area contributed by atoms with Crippen LogP contribution in [0.2, 0.25) is 0 Å². The Morgan fingerprint density at radius 2 is 1.96 bits per heavy atom. The van der Waals surface area contributed by atoms with Crippen molar-refractivity contribution in [1.29, 1.82) is 0 Å². The van der Waals surface area contributed by atoms with Gasteiger partial charge in [0.25, 0.3) is 10.0 Å². The van der Waals surface area contributed by atoms with Crippen molar-refractivity contribution in [2.24, 2.45) is 0 Å². The van der Waals surface area contributed by atoms with Gasteiger partial charge in [0, 0.05) is 10.5 Å². The third-order valence-corrected chi connectivity index (χ3v) is 5.48. The van der Waals surface area contributed by atoms with E-state index in [0.29, 0.717) is 0 Å². The molecule has 0 saturated carbocycles. The van der Waals surface area contributed by atoms with E-state index in [4.69, 9.17) is 9.47 Å². The normalized spacial score (nSPS) is 11.0. The fourth-order valence-electron chi connectivity index (χ4n) is 2.01. The molecule has 0 radical (unpaired) electrons. The molecular weight excluding hydrogens is 417 g/mol. The highest BCUT2D eigenvalue weighted by Crippen LogP contribution is 2.30. The minimum atomic E-state index is -4.00. The number of anilines is 1. The lowest BCUT2D eigenvalue weighted by molar-refractivity contribution is 0.0526. The number of sulfonamides is 1. The molecule has 0 atom stereocenters. The topological polar surface area (TPSA) is 81.7 Å². The van der Waals surface area contributed by atoms with E-state index in [0.717, 1.165) is 12.1 Å². The van der Waals surface area contributed by atoms with Crippen molar-refractivity contribution in [2.75, 3.05) is 18.4 Å². The van der Waals surface area contributed by atoms with Crippen LogP contribution in [0.1, 0.15) is 17.3 Å². The first-order valence-electron chi connectivity index (χ1n) is 7.11. The van der Waals surface area contributed by atoms with Gasteiger partial charge in [-0.05, 0) is 53.2 Å². The number of carbonyl (C=O) groups excluding carboxylic acids is 1. The number of hydrogen-bond donors (Lipinski definition) is 1. The predicted molar refractivity (Wildman–Crippen MR) is 93.9 cm³/mol. The third-order valence-electron chi connectivity index (χ3n) is 3.14. The Morgan fingerprint density at radius 1 is 1.24 bits per heavy atom. The van der Waals surface area contributed by atoms with Crippen molar-refractivity contribution >= 4 is 37.6 Å². The van der Waals surface area contributed by atoms with Crippen molar-refractivity contribution in [2.45, 2.75) is 11.8 Å². The number of halogens is 2. The molecule has 0 amide bonds. The maximum absolute atomic E-state index is 13.2. The number of rotatable bonds is 6. The molecule has 0 spiro atoms. The smallest absolute Gasteiger partial charge is 0.338 e. The zero-order chi connectivity index (χ0) is 18.6. The van der Waals surface area contributed by atoms with Crippen molar-refractivity contribution < 1.29 is 27.1 Å². The van der Waals surface area contributed by atoms with Crippen LogP contribution in [0.3, 0.4) is 0 Å². The summed E-state index contributed by atoms with van der Waals surface area (Å²) in [5.74, 6) is -1.07. The molecule has 6 nitrogen and oxygen atoms in total. The van der Waals surface area contributed by atoms with E-state index in [2.05, 4.69) is 20.7 Å². The molecule has 0 fully saturated rings. The maximum Gasteiger partial charge on any atom is 0.338 e. The van der Waals surface area contributed by atoms with Gasteiger partial charge in [-0.1, -0.05) is 0 Å². The Hall–Kier alpha value is -2.13. The van der Waals surface area contributed by atoms with Crippen LogP contribution in [0.15, 0.2) is 45.8 Å². The molecule has 2 aromatic carbocycles. The first kappa shape index (κ1) is 19.2. The second-order valence-corrected chi connectivity index (χ2v) is 7.32. The van der Waals surface area contributed by atoms with Crippen LogP contribution >= 0.6 is 15.9 Å². The summed E-state index contributed by atoms with van der Waals surface area (Å²) >= 11 is 3.14. The Bertz CT molecular complexity index is 901. The molecule has 9 heteroatoms. The van der Waals surface area contributed by atoms with Crippen LogP contribution in [0.4, 0.5) is 10.1 Å². The molecular formula is C16H15BrFNO5S. The number of esters is 1. The summed E-state index contributed by atoms with van der Waals surface area (Å²) < 4.78 is 50.7. The van der Waals surface area contributed by atoms with Crippen LogP contribution in [0.25, 0.3) is 0 Å². The molecule has 1 N–H and O–H groups in total. The molecule has 0 aliphatic heterocycles. The fourth-order valence-corrected chi connectivity index (χ4v) is 4.16. The van der Waals surface area contributed by atoms with Crippen LogP contribution < -0.4 is 9.46 Å². The SMILES string of the molecule is CCOC(=O)c1ccc(S(=O)(=O)Nc2ccc(F)cc2OC)c(Br)c1. The summed E-state index contributed by atoms with van der Waals surface area (Å²) in [5, 5.41) is 0. The first-order valence-corrected chi connectivity index (χ1v) is 9.39. The van der Waals surface area contributed by atoms with Crippen molar-refractivity contribution in [3.63, 3.8) is 0 Å². The van der Waals surface area contributed by atoms with E-state index in [1.165, 1.54) is 31.4 Å². The summed E-state index contributed by atoms with van der Waals surface area (Å²) in [7, 11) is -2.69. The van der Waals surface area contributed by atoms with E-state index in [1.807, 2.05) is 0 Å².